The first-order valence-corrected chi connectivity index (χ1v) is 6.73. The van der Waals surface area contributed by atoms with Crippen molar-refractivity contribution in [2.24, 2.45) is 0 Å². The molecular formula is C16H11NS. The highest BCUT2D eigenvalue weighted by atomic mass is 32.1. The predicted octanol–water partition coefficient (Wildman–Crippen LogP) is 4.79. The Morgan fingerprint density at radius 1 is 0.722 bits per heavy atom. The Morgan fingerprint density at radius 2 is 1.44 bits per heavy atom. The van der Waals surface area contributed by atoms with Crippen LogP contribution in [-0.4, -0.2) is 0 Å². The molecule has 2 heteroatoms. The van der Waals surface area contributed by atoms with Gasteiger partial charge in [-0.15, -0.1) is 11.3 Å². The van der Waals surface area contributed by atoms with Crippen LogP contribution in [0.1, 0.15) is 0 Å². The van der Waals surface area contributed by atoms with E-state index in [0.29, 0.717) is 0 Å². The smallest absolute Gasteiger partial charge is 0.0375 e. The van der Waals surface area contributed by atoms with Gasteiger partial charge in [-0.25, -0.2) is 0 Å². The lowest BCUT2D eigenvalue weighted by molar-refractivity contribution is 1.79. The van der Waals surface area contributed by atoms with E-state index in [4.69, 9.17) is 5.73 Å². The van der Waals surface area contributed by atoms with Crippen LogP contribution in [0.2, 0.25) is 0 Å². The summed E-state index contributed by atoms with van der Waals surface area (Å²) >= 11 is 1.81. The lowest BCUT2D eigenvalue weighted by Gasteiger charge is -1.98. The van der Waals surface area contributed by atoms with Crippen LogP contribution in [-0.2, 0) is 0 Å². The van der Waals surface area contributed by atoms with Gasteiger partial charge in [-0.2, -0.15) is 0 Å². The molecule has 86 valence electrons. The molecule has 0 radical (unpaired) electrons. The minimum atomic E-state index is 0.832. The van der Waals surface area contributed by atoms with Gasteiger partial charge in [0.1, 0.15) is 0 Å². The molecular weight excluding hydrogens is 238 g/mol. The average Bonchev–Trinajstić information content (AvgIpc) is 2.72. The van der Waals surface area contributed by atoms with Crippen LogP contribution in [0, 0.1) is 0 Å². The van der Waals surface area contributed by atoms with E-state index in [-0.39, 0.29) is 0 Å². The van der Waals surface area contributed by atoms with Crippen molar-refractivity contribution in [1.82, 2.24) is 0 Å². The first kappa shape index (κ1) is 9.92. The average molecular weight is 249 g/mol. The largest absolute Gasteiger partial charge is 0.399 e. The summed E-state index contributed by atoms with van der Waals surface area (Å²) in [6.07, 6.45) is 0. The maximum atomic E-state index is 5.85. The number of anilines is 1. The van der Waals surface area contributed by atoms with E-state index in [2.05, 4.69) is 48.5 Å². The SMILES string of the molecule is Nc1ccc2c(c1)sc1cc3ccccc3cc12. The summed E-state index contributed by atoms with van der Waals surface area (Å²) in [4.78, 5) is 0. The quantitative estimate of drug-likeness (QED) is 0.445. The molecule has 0 saturated heterocycles. The third-order valence-electron chi connectivity index (χ3n) is 3.36. The van der Waals surface area contributed by atoms with Crippen LogP contribution in [0.15, 0.2) is 54.6 Å². The Bertz CT molecular complexity index is 889. The van der Waals surface area contributed by atoms with E-state index in [0.717, 1.165) is 5.69 Å². The molecule has 0 aliphatic carbocycles. The Balaban J connectivity index is 2.23. The van der Waals surface area contributed by atoms with Crippen LogP contribution in [0.3, 0.4) is 0 Å². The van der Waals surface area contributed by atoms with Gasteiger partial charge in [0, 0.05) is 25.9 Å². The summed E-state index contributed by atoms with van der Waals surface area (Å²) in [5.41, 5.74) is 6.68. The highest BCUT2D eigenvalue weighted by Gasteiger charge is 2.06. The summed E-state index contributed by atoms with van der Waals surface area (Å²) < 4.78 is 2.59. The number of thiophene rings is 1. The fourth-order valence-corrected chi connectivity index (χ4v) is 3.66. The van der Waals surface area contributed by atoms with Gasteiger partial charge in [0.15, 0.2) is 0 Å². The zero-order chi connectivity index (χ0) is 12.1. The molecule has 18 heavy (non-hydrogen) atoms. The van der Waals surface area contributed by atoms with E-state index in [1.54, 1.807) is 0 Å². The van der Waals surface area contributed by atoms with Gasteiger partial charge in [0.2, 0.25) is 0 Å². The molecule has 0 saturated carbocycles. The summed E-state index contributed by atoms with van der Waals surface area (Å²) in [7, 11) is 0. The maximum absolute atomic E-state index is 5.85. The molecule has 0 amide bonds. The maximum Gasteiger partial charge on any atom is 0.0375 e. The van der Waals surface area contributed by atoms with Crippen molar-refractivity contribution in [2.45, 2.75) is 0 Å². The lowest BCUT2D eigenvalue weighted by atomic mass is 10.1. The number of hydrogen-bond acceptors (Lipinski definition) is 2. The topological polar surface area (TPSA) is 26.0 Å². The summed E-state index contributed by atoms with van der Waals surface area (Å²) in [5, 5.41) is 5.22. The van der Waals surface area contributed by atoms with Gasteiger partial charge < -0.3 is 5.73 Å². The molecule has 4 aromatic rings. The van der Waals surface area contributed by atoms with Gasteiger partial charge in [0.05, 0.1) is 0 Å². The van der Waals surface area contributed by atoms with Crippen molar-refractivity contribution in [2.75, 3.05) is 5.73 Å². The summed E-state index contributed by atoms with van der Waals surface area (Å²) in [5.74, 6) is 0. The normalized spacial score (nSPS) is 11.6. The monoisotopic (exact) mass is 249 g/mol. The van der Waals surface area contributed by atoms with Crippen LogP contribution in [0.5, 0.6) is 0 Å². The second kappa shape index (κ2) is 3.47. The van der Waals surface area contributed by atoms with Gasteiger partial charge >= 0.3 is 0 Å². The first-order valence-electron chi connectivity index (χ1n) is 5.92. The van der Waals surface area contributed by atoms with Crippen LogP contribution < -0.4 is 5.73 Å². The van der Waals surface area contributed by atoms with Crippen molar-refractivity contribution in [1.29, 1.82) is 0 Å². The highest BCUT2D eigenvalue weighted by Crippen LogP contribution is 2.37. The Hall–Kier alpha value is -2.06. The van der Waals surface area contributed by atoms with Crippen LogP contribution in [0.4, 0.5) is 5.69 Å². The number of rotatable bonds is 0. The van der Waals surface area contributed by atoms with E-state index in [9.17, 15) is 0 Å². The van der Waals surface area contributed by atoms with E-state index in [1.165, 1.54) is 30.9 Å². The van der Waals surface area contributed by atoms with Crippen molar-refractivity contribution >= 4 is 48.0 Å². The molecule has 0 aliphatic heterocycles. The molecule has 0 aliphatic rings. The molecule has 1 nitrogen and oxygen atoms in total. The number of nitrogen functional groups attached to an aromatic ring is 1. The van der Waals surface area contributed by atoms with Crippen molar-refractivity contribution in [3.05, 3.63) is 54.6 Å². The summed E-state index contributed by atoms with van der Waals surface area (Å²) in [6.45, 7) is 0. The van der Waals surface area contributed by atoms with Crippen LogP contribution in [0.25, 0.3) is 30.9 Å². The van der Waals surface area contributed by atoms with E-state index in [1.807, 2.05) is 17.4 Å². The van der Waals surface area contributed by atoms with Crippen LogP contribution >= 0.6 is 11.3 Å². The zero-order valence-corrected chi connectivity index (χ0v) is 10.5. The standard InChI is InChI=1S/C16H11NS/c17-12-5-6-13-14-7-10-3-1-2-4-11(10)8-15(14)18-16(13)9-12/h1-9H,17H2. The van der Waals surface area contributed by atoms with Crippen molar-refractivity contribution < 1.29 is 0 Å². The molecule has 0 atom stereocenters. The number of benzene rings is 3. The number of hydrogen-bond donors (Lipinski definition) is 1. The molecule has 0 bridgehead atoms. The third kappa shape index (κ3) is 1.33. The zero-order valence-electron chi connectivity index (χ0n) is 9.68. The minimum absolute atomic E-state index is 0.832. The van der Waals surface area contributed by atoms with E-state index >= 15 is 0 Å². The Kier molecular flexibility index (Phi) is 1.91. The molecule has 0 unspecified atom stereocenters. The predicted molar refractivity (Wildman–Crippen MR) is 81.2 cm³/mol. The van der Waals surface area contributed by atoms with Gasteiger partial charge in [-0.3, -0.25) is 0 Å². The van der Waals surface area contributed by atoms with Crippen molar-refractivity contribution in [3.63, 3.8) is 0 Å². The second-order valence-electron chi connectivity index (χ2n) is 4.55. The fourth-order valence-electron chi connectivity index (χ4n) is 2.48. The van der Waals surface area contributed by atoms with Gasteiger partial charge in [-0.05, 0) is 35.0 Å². The van der Waals surface area contributed by atoms with Gasteiger partial charge in [-0.1, -0.05) is 30.3 Å². The molecule has 4 rings (SSSR count). The molecule has 1 heterocycles. The molecule has 0 spiro atoms. The number of nitrogens with two attached hydrogens (primary N) is 1. The molecule has 1 aromatic heterocycles. The second-order valence-corrected chi connectivity index (χ2v) is 5.64. The van der Waals surface area contributed by atoms with E-state index < -0.39 is 0 Å². The Morgan fingerprint density at radius 3 is 2.28 bits per heavy atom. The Labute approximate surface area is 108 Å². The fraction of sp³-hybridized carbons (Fsp3) is 0. The minimum Gasteiger partial charge on any atom is -0.399 e. The van der Waals surface area contributed by atoms with Gasteiger partial charge in [0.25, 0.3) is 0 Å². The summed E-state index contributed by atoms with van der Waals surface area (Å²) in [6, 6.07) is 19.2. The highest BCUT2D eigenvalue weighted by molar-refractivity contribution is 7.25. The molecule has 3 aromatic carbocycles. The third-order valence-corrected chi connectivity index (χ3v) is 4.48. The van der Waals surface area contributed by atoms with Crippen molar-refractivity contribution in [3.8, 4) is 0 Å². The lowest BCUT2D eigenvalue weighted by Crippen LogP contribution is -1.81. The number of fused-ring (bicyclic) bond motifs is 4. The first-order chi connectivity index (χ1) is 8.81. The molecule has 2 N–H and O–H groups in total. The molecule has 0 fully saturated rings.